The minimum atomic E-state index is -1.10. The number of carbonyl (C=O) groups is 3. The van der Waals surface area contributed by atoms with Gasteiger partial charge in [-0.25, -0.2) is 4.79 Å². The first-order valence-electron chi connectivity index (χ1n) is 11.0. The lowest BCUT2D eigenvalue weighted by Gasteiger charge is -2.33. The van der Waals surface area contributed by atoms with Gasteiger partial charge in [0.15, 0.2) is 0 Å². The smallest absolute Gasteiger partial charge is 0.323 e. The van der Waals surface area contributed by atoms with Crippen LogP contribution in [-0.4, -0.2) is 29.3 Å². The molecule has 0 bridgehead atoms. The molecular formula is C26H22ClN3O3S. The van der Waals surface area contributed by atoms with Crippen LogP contribution in [0.2, 0.25) is 5.02 Å². The standard InChI is InChI=1S/C26H22ClN3O3S/c27-18-12-13-22(34-19-9-2-1-3-10-19)21(15-18)28-23(31)16-30-24(32)26(29-25(30)33)14-6-8-17-7-4-5-11-20(17)26/h1-5,7,9-13,15H,6,8,14,16H2,(H,28,31)(H,29,33)/t26-/m0/s1. The van der Waals surface area contributed by atoms with E-state index >= 15 is 0 Å². The topological polar surface area (TPSA) is 78.5 Å². The molecule has 4 amide bonds. The van der Waals surface area contributed by atoms with Gasteiger partial charge in [-0.3, -0.25) is 14.5 Å². The second-order valence-electron chi connectivity index (χ2n) is 8.34. The van der Waals surface area contributed by atoms with E-state index in [4.69, 9.17) is 11.6 Å². The van der Waals surface area contributed by atoms with Crippen LogP contribution in [0.1, 0.15) is 24.0 Å². The number of nitrogens with one attached hydrogen (secondary N) is 2. The van der Waals surface area contributed by atoms with Gasteiger partial charge in [0.2, 0.25) is 5.91 Å². The van der Waals surface area contributed by atoms with Crippen LogP contribution < -0.4 is 10.6 Å². The number of hydrogen-bond donors (Lipinski definition) is 2. The number of amides is 4. The molecule has 6 nitrogen and oxygen atoms in total. The van der Waals surface area contributed by atoms with Gasteiger partial charge in [-0.05, 0) is 60.7 Å². The highest BCUT2D eigenvalue weighted by Crippen LogP contribution is 2.40. The summed E-state index contributed by atoms with van der Waals surface area (Å²) in [5.41, 5.74) is 1.29. The Kier molecular flexibility index (Phi) is 6.06. The normalized spacial score (nSPS) is 19.1. The van der Waals surface area contributed by atoms with Crippen molar-refractivity contribution in [2.24, 2.45) is 0 Å². The Balaban J connectivity index is 1.35. The van der Waals surface area contributed by atoms with E-state index in [2.05, 4.69) is 10.6 Å². The molecule has 2 N–H and O–H groups in total. The number of aryl methyl sites for hydroxylation is 1. The highest BCUT2D eigenvalue weighted by Gasteiger charge is 2.54. The fourth-order valence-electron chi connectivity index (χ4n) is 4.59. The third-order valence-electron chi connectivity index (χ3n) is 6.14. The minimum absolute atomic E-state index is 0.378. The lowest BCUT2D eigenvalue weighted by atomic mass is 9.76. The van der Waals surface area contributed by atoms with Crippen molar-refractivity contribution < 1.29 is 14.4 Å². The number of carbonyl (C=O) groups excluding carboxylic acids is 3. The van der Waals surface area contributed by atoms with Gasteiger partial charge < -0.3 is 10.6 Å². The number of anilines is 1. The van der Waals surface area contributed by atoms with Gasteiger partial charge in [0.1, 0.15) is 12.1 Å². The first-order valence-corrected chi connectivity index (χ1v) is 12.2. The molecule has 1 heterocycles. The summed E-state index contributed by atoms with van der Waals surface area (Å²) in [5.74, 6) is -0.855. The second-order valence-corrected chi connectivity index (χ2v) is 9.89. The number of hydrogen-bond acceptors (Lipinski definition) is 4. The van der Waals surface area contributed by atoms with Crippen LogP contribution in [0, 0.1) is 0 Å². The number of nitrogens with zero attached hydrogens (tertiary/aromatic N) is 1. The Morgan fingerprint density at radius 2 is 1.82 bits per heavy atom. The number of halogens is 1. The number of fused-ring (bicyclic) bond motifs is 2. The van der Waals surface area contributed by atoms with Gasteiger partial charge in [0.25, 0.3) is 5.91 Å². The summed E-state index contributed by atoms with van der Waals surface area (Å²) in [6.45, 7) is -0.378. The molecule has 0 aromatic heterocycles. The van der Waals surface area contributed by atoms with Gasteiger partial charge in [-0.2, -0.15) is 0 Å². The molecule has 5 rings (SSSR count). The number of urea groups is 1. The minimum Gasteiger partial charge on any atom is -0.323 e. The van der Waals surface area contributed by atoms with Crippen LogP contribution >= 0.6 is 23.4 Å². The molecule has 1 spiro atoms. The van der Waals surface area contributed by atoms with E-state index in [1.54, 1.807) is 12.1 Å². The monoisotopic (exact) mass is 491 g/mol. The van der Waals surface area contributed by atoms with Crippen LogP contribution in [-0.2, 0) is 21.5 Å². The maximum Gasteiger partial charge on any atom is 0.325 e. The van der Waals surface area contributed by atoms with E-state index in [9.17, 15) is 14.4 Å². The molecule has 172 valence electrons. The van der Waals surface area contributed by atoms with E-state index in [-0.39, 0.29) is 12.5 Å². The first-order chi connectivity index (χ1) is 16.5. The highest BCUT2D eigenvalue weighted by atomic mass is 35.5. The number of benzene rings is 3. The molecule has 0 unspecified atom stereocenters. The van der Waals surface area contributed by atoms with Gasteiger partial charge in [0, 0.05) is 14.8 Å². The van der Waals surface area contributed by atoms with E-state index in [1.807, 2.05) is 60.7 Å². The Hall–Kier alpha value is -3.29. The van der Waals surface area contributed by atoms with E-state index in [0.29, 0.717) is 17.1 Å². The summed E-state index contributed by atoms with van der Waals surface area (Å²) in [6.07, 6.45) is 2.16. The molecule has 2 aliphatic rings. The van der Waals surface area contributed by atoms with Crippen molar-refractivity contribution in [3.8, 4) is 0 Å². The molecular weight excluding hydrogens is 470 g/mol. The SMILES string of the molecule is O=C(CN1C(=O)N[C@]2(CCCc3ccccc32)C1=O)Nc1cc(Cl)ccc1Sc1ccccc1. The predicted molar refractivity (Wildman–Crippen MR) is 132 cm³/mol. The van der Waals surface area contributed by atoms with E-state index < -0.39 is 17.5 Å². The molecule has 3 aromatic rings. The van der Waals surface area contributed by atoms with Gasteiger partial charge in [-0.15, -0.1) is 0 Å². The summed E-state index contributed by atoms with van der Waals surface area (Å²) < 4.78 is 0. The lowest BCUT2D eigenvalue weighted by molar-refractivity contribution is -0.134. The zero-order valence-electron chi connectivity index (χ0n) is 18.2. The summed E-state index contributed by atoms with van der Waals surface area (Å²) in [5, 5.41) is 6.18. The van der Waals surface area contributed by atoms with Crippen LogP contribution in [0.5, 0.6) is 0 Å². The average molecular weight is 492 g/mol. The van der Waals surface area contributed by atoms with Crippen molar-refractivity contribution in [1.82, 2.24) is 10.2 Å². The largest absolute Gasteiger partial charge is 0.325 e. The lowest BCUT2D eigenvalue weighted by Crippen LogP contribution is -2.47. The van der Waals surface area contributed by atoms with Crippen molar-refractivity contribution in [3.63, 3.8) is 0 Å². The summed E-state index contributed by atoms with van der Waals surface area (Å²) in [7, 11) is 0. The molecule has 1 aliphatic heterocycles. The van der Waals surface area contributed by atoms with Crippen molar-refractivity contribution in [2.45, 2.75) is 34.6 Å². The van der Waals surface area contributed by atoms with Crippen LogP contribution in [0.3, 0.4) is 0 Å². The molecule has 8 heteroatoms. The van der Waals surface area contributed by atoms with Crippen molar-refractivity contribution in [3.05, 3.63) is 88.9 Å². The molecule has 34 heavy (non-hydrogen) atoms. The molecule has 0 radical (unpaired) electrons. The molecule has 1 aliphatic carbocycles. The van der Waals surface area contributed by atoms with Crippen molar-refractivity contribution >= 4 is 46.9 Å². The highest BCUT2D eigenvalue weighted by molar-refractivity contribution is 7.99. The molecule has 1 atom stereocenters. The Morgan fingerprint density at radius 3 is 2.65 bits per heavy atom. The Bertz CT molecular complexity index is 1280. The predicted octanol–water partition coefficient (Wildman–Crippen LogP) is 5.21. The molecule has 0 saturated carbocycles. The van der Waals surface area contributed by atoms with Crippen molar-refractivity contribution in [2.75, 3.05) is 11.9 Å². The van der Waals surface area contributed by atoms with Crippen LogP contribution in [0.15, 0.2) is 82.6 Å². The zero-order chi connectivity index (χ0) is 23.7. The quantitative estimate of drug-likeness (QED) is 0.480. The number of imide groups is 1. The van der Waals surface area contributed by atoms with E-state index in [0.717, 1.165) is 38.7 Å². The molecule has 3 aromatic carbocycles. The molecule has 1 saturated heterocycles. The fourth-order valence-corrected chi connectivity index (χ4v) is 5.67. The third kappa shape index (κ3) is 4.17. The maximum atomic E-state index is 13.4. The fraction of sp³-hybridized carbons (Fsp3) is 0.192. The summed E-state index contributed by atoms with van der Waals surface area (Å²) in [4.78, 5) is 42.0. The summed E-state index contributed by atoms with van der Waals surface area (Å²) in [6, 6.07) is 22.1. The Morgan fingerprint density at radius 1 is 1.06 bits per heavy atom. The van der Waals surface area contributed by atoms with Crippen LogP contribution in [0.4, 0.5) is 10.5 Å². The zero-order valence-corrected chi connectivity index (χ0v) is 19.8. The van der Waals surface area contributed by atoms with Crippen molar-refractivity contribution in [1.29, 1.82) is 0 Å². The van der Waals surface area contributed by atoms with E-state index in [1.165, 1.54) is 11.8 Å². The second kappa shape index (κ2) is 9.16. The number of rotatable bonds is 5. The molecule has 1 fully saturated rings. The van der Waals surface area contributed by atoms with Gasteiger partial charge in [0.05, 0.1) is 5.69 Å². The third-order valence-corrected chi connectivity index (χ3v) is 7.46. The van der Waals surface area contributed by atoms with Gasteiger partial charge in [-0.1, -0.05) is 65.8 Å². The summed E-state index contributed by atoms with van der Waals surface area (Å²) >= 11 is 7.66. The average Bonchev–Trinajstić information content (AvgIpc) is 3.06. The first kappa shape index (κ1) is 22.5. The van der Waals surface area contributed by atoms with Gasteiger partial charge >= 0.3 is 6.03 Å². The maximum absolute atomic E-state index is 13.4. The Labute approximate surface area is 206 Å². The van der Waals surface area contributed by atoms with Crippen LogP contribution in [0.25, 0.3) is 0 Å².